The van der Waals surface area contributed by atoms with Crippen molar-refractivity contribution < 1.29 is 17.9 Å². The Kier molecular flexibility index (Phi) is 3.12. The van der Waals surface area contributed by atoms with Crippen LogP contribution in [-0.4, -0.2) is 12.1 Å². The minimum Gasteiger partial charge on any atom is -0.492 e. The smallest absolute Gasteiger partial charge is 0.416 e. The summed E-state index contributed by atoms with van der Waals surface area (Å²) in [7, 11) is 0. The van der Waals surface area contributed by atoms with Crippen LogP contribution in [0.5, 0.6) is 5.75 Å². The van der Waals surface area contributed by atoms with Gasteiger partial charge >= 0.3 is 6.18 Å². The fourth-order valence-electron chi connectivity index (χ4n) is 1.34. The lowest BCUT2D eigenvalue weighted by Gasteiger charge is -2.13. The van der Waals surface area contributed by atoms with E-state index in [2.05, 4.69) is 15.9 Å². The molecule has 0 radical (unpaired) electrons. The Morgan fingerprint density at radius 3 is 2.47 bits per heavy atom. The van der Waals surface area contributed by atoms with Crippen LogP contribution in [0.1, 0.15) is 18.4 Å². The van der Waals surface area contributed by atoms with E-state index in [9.17, 15) is 13.2 Å². The van der Waals surface area contributed by atoms with Gasteiger partial charge in [-0.05, 0) is 31.0 Å². The normalized spacial score (nSPS) is 17.9. The fourth-order valence-corrected chi connectivity index (χ4v) is 1.81. The zero-order chi connectivity index (χ0) is 12.7. The van der Waals surface area contributed by atoms with Crippen LogP contribution in [0.15, 0.2) is 22.7 Å². The van der Waals surface area contributed by atoms with E-state index in [1.54, 1.807) is 0 Å². The number of ether oxygens (including phenoxy) is 1. The molecule has 1 aromatic rings. The van der Waals surface area contributed by atoms with Gasteiger partial charge in [-0.25, -0.2) is 0 Å². The Morgan fingerprint density at radius 1 is 1.29 bits per heavy atom. The van der Waals surface area contributed by atoms with E-state index < -0.39 is 11.7 Å². The van der Waals surface area contributed by atoms with Gasteiger partial charge in [-0.2, -0.15) is 13.2 Å². The third kappa shape index (κ3) is 3.35. The van der Waals surface area contributed by atoms with Crippen LogP contribution in [0, 0.1) is 0 Å². The molecule has 1 aliphatic rings. The van der Waals surface area contributed by atoms with Crippen molar-refractivity contribution in [3.63, 3.8) is 0 Å². The van der Waals surface area contributed by atoms with Crippen molar-refractivity contribution in [1.82, 2.24) is 0 Å². The molecule has 2 N–H and O–H groups in total. The Bertz CT molecular complexity index is 429. The number of hydrogen-bond donors (Lipinski definition) is 1. The van der Waals surface area contributed by atoms with Gasteiger partial charge in [0.25, 0.3) is 0 Å². The minimum absolute atomic E-state index is 0.184. The average molecular weight is 310 g/mol. The molecule has 17 heavy (non-hydrogen) atoms. The molecular weight excluding hydrogens is 299 g/mol. The van der Waals surface area contributed by atoms with E-state index in [4.69, 9.17) is 10.5 Å². The molecule has 0 atom stereocenters. The van der Waals surface area contributed by atoms with Gasteiger partial charge < -0.3 is 10.5 Å². The predicted octanol–water partition coefficient (Wildman–Crippen LogP) is 3.34. The lowest BCUT2D eigenvalue weighted by molar-refractivity contribution is -0.137. The molecule has 0 bridgehead atoms. The van der Waals surface area contributed by atoms with Gasteiger partial charge in [-0.3, -0.25) is 0 Å². The van der Waals surface area contributed by atoms with Crippen LogP contribution >= 0.6 is 15.9 Å². The molecule has 6 heteroatoms. The van der Waals surface area contributed by atoms with Gasteiger partial charge in [-0.1, -0.05) is 15.9 Å². The molecule has 94 valence electrons. The van der Waals surface area contributed by atoms with Gasteiger partial charge in [-0.15, -0.1) is 0 Å². The number of rotatable bonds is 3. The molecule has 1 aromatic carbocycles. The average Bonchev–Trinajstić information content (AvgIpc) is 2.92. The molecule has 0 amide bonds. The minimum atomic E-state index is -4.37. The molecule has 1 saturated carbocycles. The molecule has 1 aliphatic carbocycles. The number of halogens is 4. The first-order valence-corrected chi connectivity index (χ1v) is 5.87. The van der Waals surface area contributed by atoms with Crippen LogP contribution in [0.4, 0.5) is 13.2 Å². The van der Waals surface area contributed by atoms with E-state index in [0.717, 1.165) is 25.0 Å². The zero-order valence-corrected chi connectivity index (χ0v) is 10.4. The monoisotopic (exact) mass is 309 g/mol. The van der Waals surface area contributed by atoms with E-state index in [1.807, 2.05) is 0 Å². The summed E-state index contributed by atoms with van der Waals surface area (Å²) in [6, 6.07) is 3.50. The SMILES string of the molecule is NC1(COc2cc(Br)cc(C(F)(F)F)c2)CC1. The van der Waals surface area contributed by atoms with Gasteiger partial charge in [0, 0.05) is 4.47 Å². The molecule has 1 fully saturated rings. The first-order valence-electron chi connectivity index (χ1n) is 5.08. The number of hydrogen-bond acceptors (Lipinski definition) is 2. The molecule has 0 saturated heterocycles. The molecule has 2 rings (SSSR count). The second kappa shape index (κ2) is 4.17. The van der Waals surface area contributed by atoms with Gasteiger partial charge in [0.15, 0.2) is 0 Å². The molecule has 0 aromatic heterocycles. The Balaban J connectivity index is 2.14. The second-order valence-corrected chi connectivity index (χ2v) is 5.24. The van der Waals surface area contributed by atoms with Gasteiger partial charge in [0.1, 0.15) is 12.4 Å². The third-order valence-electron chi connectivity index (χ3n) is 2.62. The van der Waals surface area contributed by atoms with Crippen molar-refractivity contribution in [2.45, 2.75) is 24.6 Å². The van der Waals surface area contributed by atoms with Gasteiger partial charge in [0.05, 0.1) is 11.1 Å². The third-order valence-corrected chi connectivity index (χ3v) is 3.07. The summed E-state index contributed by atoms with van der Waals surface area (Å²) < 4.78 is 43.2. The largest absolute Gasteiger partial charge is 0.492 e. The van der Waals surface area contributed by atoms with E-state index in [0.29, 0.717) is 4.47 Å². The van der Waals surface area contributed by atoms with E-state index in [1.165, 1.54) is 6.07 Å². The lowest BCUT2D eigenvalue weighted by Crippen LogP contribution is -2.29. The lowest BCUT2D eigenvalue weighted by atomic mass is 10.2. The summed E-state index contributed by atoms with van der Waals surface area (Å²) in [4.78, 5) is 0. The summed E-state index contributed by atoms with van der Waals surface area (Å²) in [6.45, 7) is 0.251. The first kappa shape index (κ1) is 12.7. The van der Waals surface area contributed by atoms with Crippen molar-refractivity contribution >= 4 is 15.9 Å². The first-order chi connectivity index (χ1) is 7.78. The molecule has 0 unspecified atom stereocenters. The van der Waals surface area contributed by atoms with E-state index in [-0.39, 0.29) is 17.9 Å². The molecule has 0 aliphatic heterocycles. The van der Waals surface area contributed by atoms with Crippen molar-refractivity contribution in [2.75, 3.05) is 6.61 Å². The van der Waals surface area contributed by atoms with Crippen LogP contribution in [0.3, 0.4) is 0 Å². The van der Waals surface area contributed by atoms with Crippen LogP contribution in [0.2, 0.25) is 0 Å². The highest BCUT2D eigenvalue weighted by atomic mass is 79.9. The predicted molar refractivity (Wildman–Crippen MR) is 60.8 cm³/mol. The van der Waals surface area contributed by atoms with Crippen LogP contribution in [0.25, 0.3) is 0 Å². The van der Waals surface area contributed by atoms with Crippen LogP contribution in [-0.2, 0) is 6.18 Å². The second-order valence-electron chi connectivity index (χ2n) is 4.32. The quantitative estimate of drug-likeness (QED) is 0.929. The zero-order valence-electron chi connectivity index (χ0n) is 8.85. The summed E-state index contributed by atoms with van der Waals surface area (Å²) >= 11 is 3.03. The number of nitrogens with two attached hydrogens (primary N) is 1. The topological polar surface area (TPSA) is 35.2 Å². The highest BCUT2D eigenvalue weighted by Gasteiger charge is 2.39. The Labute approximate surface area is 105 Å². The molecular formula is C11H11BrF3NO. The van der Waals surface area contributed by atoms with Gasteiger partial charge in [0.2, 0.25) is 0 Å². The van der Waals surface area contributed by atoms with E-state index >= 15 is 0 Å². The van der Waals surface area contributed by atoms with Crippen molar-refractivity contribution in [3.8, 4) is 5.75 Å². The standard InChI is InChI=1S/C11H11BrF3NO/c12-8-3-7(11(13,14)15)4-9(5-8)17-6-10(16)1-2-10/h3-5H,1-2,6,16H2. The summed E-state index contributed by atoms with van der Waals surface area (Å²) in [6.07, 6.45) is -2.66. The highest BCUT2D eigenvalue weighted by Crippen LogP contribution is 2.36. The summed E-state index contributed by atoms with van der Waals surface area (Å²) in [5.74, 6) is 0.184. The maximum atomic E-state index is 12.5. The summed E-state index contributed by atoms with van der Waals surface area (Å²) in [5, 5.41) is 0. The number of benzene rings is 1. The Hall–Kier alpha value is -0.750. The Morgan fingerprint density at radius 2 is 1.94 bits per heavy atom. The molecule has 0 spiro atoms. The molecule has 2 nitrogen and oxygen atoms in total. The van der Waals surface area contributed by atoms with Crippen molar-refractivity contribution in [2.24, 2.45) is 5.73 Å². The molecule has 0 heterocycles. The highest BCUT2D eigenvalue weighted by molar-refractivity contribution is 9.10. The van der Waals surface area contributed by atoms with Crippen LogP contribution < -0.4 is 10.5 Å². The van der Waals surface area contributed by atoms with Crippen molar-refractivity contribution in [1.29, 1.82) is 0 Å². The fraction of sp³-hybridized carbons (Fsp3) is 0.455. The maximum Gasteiger partial charge on any atom is 0.416 e. The maximum absolute atomic E-state index is 12.5. The van der Waals surface area contributed by atoms with Crippen molar-refractivity contribution in [3.05, 3.63) is 28.2 Å². The summed E-state index contributed by atoms with van der Waals surface area (Å²) in [5.41, 5.74) is 4.72. The number of alkyl halides is 3.